The molecule has 6 aromatic carbocycles. The number of benzene rings is 6. The molecule has 0 saturated carbocycles. The van der Waals surface area contributed by atoms with E-state index in [2.05, 4.69) is 173 Å². The molecule has 0 spiro atoms. The van der Waals surface area contributed by atoms with E-state index in [4.69, 9.17) is 9.97 Å². The van der Waals surface area contributed by atoms with E-state index >= 15 is 0 Å². The summed E-state index contributed by atoms with van der Waals surface area (Å²) in [6.45, 7) is 34.4. The molecule has 2 aromatic heterocycles. The molecule has 4 nitrogen and oxygen atoms in total. The number of imidazole rings is 1. The Morgan fingerprint density at radius 1 is 0.662 bits per heavy atom. The van der Waals surface area contributed by atoms with Crippen LogP contribution >= 0.6 is 0 Å². The third kappa shape index (κ3) is 7.98. The van der Waals surface area contributed by atoms with Crippen molar-refractivity contribution in [2.75, 3.05) is 0 Å². The number of nitrogens with zero attached hydrogens (tertiary/aromatic N) is 3. The van der Waals surface area contributed by atoms with Crippen LogP contribution in [-0.2, 0) is 48.1 Å². The van der Waals surface area contributed by atoms with Gasteiger partial charge in [-0.1, -0.05) is 207 Å². The number of para-hydroxylation sites is 1. The minimum Gasteiger partial charge on any atom is -0.507 e. The molecule has 2 aliphatic rings. The first-order chi connectivity index (χ1) is 33.8. The molecule has 1 N–H and O–H groups in total. The summed E-state index contributed by atoms with van der Waals surface area (Å²) in [5.74, 6) is -2.10. The van der Waals surface area contributed by atoms with Crippen molar-refractivity contribution in [1.82, 2.24) is 14.5 Å². The van der Waals surface area contributed by atoms with Gasteiger partial charge in [0.15, 0.2) is 0 Å². The van der Waals surface area contributed by atoms with Crippen LogP contribution in [0, 0.1) is 6.07 Å². The third-order valence-corrected chi connectivity index (χ3v) is 15.7. The molecule has 3 heterocycles. The number of hydrogen-bond donors (Lipinski definition) is 1. The normalized spacial score (nSPS) is 18.5. The van der Waals surface area contributed by atoms with Crippen LogP contribution in [0.2, 0.25) is 0 Å². The third-order valence-electron chi connectivity index (χ3n) is 15.7. The summed E-state index contributed by atoms with van der Waals surface area (Å²) in [7, 11) is 0. The summed E-state index contributed by atoms with van der Waals surface area (Å²) in [4.78, 5) is 10.9. The second kappa shape index (κ2) is 17.3. The first-order valence-electron chi connectivity index (χ1n) is 26.6. The van der Waals surface area contributed by atoms with E-state index in [0.29, 0.717) is 11.4 Å². The van der Waals surface area contributed by atoms with Gasteiger partial charge in [-0.3, -0.25) is 9.55 Å². The fourth-order valence-electron chi connectivity index (χ4n) is 12.2. The van der Waals surface area contributed by atoms with Gasteiger partial charge in [0.05, 0.1) is 22.3 Å². The summed E-state index contributed by atoms with van der Waals surface area (Å²) in [6.07, 6.45) is 1.84. The largest absolute Gasteiger partial charge is 0.507 e. The molecule has 1 unspecified atom stereocenters. The van der Waals surface area contributed by atoms with Gasteiger partial charge in [0, 0.05) is 48.4 Å². The standard InChI is InChI=1S/C66H72N3O.Pt/c1-38(2)46-25-22-26-47(39(3)4)55(46)41-29-30-67-52(34-41)43-31-42(32-44(33-43)62(5,6)7)48-37-51-57(66(15,16)60(65(51,13)14)40-23-18-17-19-24-40)59-58(48)68-61-56-50(35-45(36-54(56)70)63(8,9)10)64(11,12)49-27-20-21-28-53(49)69(59)61;/h17-30,32-39,60,70H,1-16H3;/q-1;/i38D,39D,60D;. The second-order valence-corrected chi connectivity index (χ2v) is 24.2. The van der Waals surface area contributed by atoms with Gasteiger partial charge in [-0.15, -0.1) is 29.3 Å². The molecule has 368 valence electrons. The molecule has 0 saturated heterocycles. The second-order valence-electron chi connectivity index (χ2n) is 24.2. The molecule has 1 aliphatic heterocycles. The van der Waals surface area contributed by atoms with Gasteiger partial charge in [-0.2, -0.15) is 0 Å². The minimum absolute atomic E-state index is 0. The quantitative estimate of drug-likeness (QED) is 0.169. The SMILES string of the molecule is [2H]C(C)(C)c1cccc(C([2H])(C)C)c1-c1ccnc(-c2[c-]c(-c3cc4c(c5c3nc3n5-c5ccccc5C(C)(C)c5cc(C(C)(C)C)cc(O)c5-3)C(C)(C)C([2H])(c3ccccc3)C4(C)C)cc(C(C)(C)C)c2)c1.[Pt]. The summed E-state index contributed by atoms with van der Waals surface area (Å²) in [6, 6.07) is 44.0. The maximum atomic E-state index is 12.6. The van der Waals surface area contributed by atoms with Gasteiger partial charge >= 0.3 is 0 Å². The number of phenols is 1. The zero-order valence-electron chi connectivity index (χ0n) is 47.7. The summed E-state index contributed by atoms with van der Waals surface area (Å²) >= 11 is 0. The monoisotopic (exact) mass is 1120 g/mol. The molecule has 10 rings (SSSR count). The van der Waals surface area contributed by atoms with Gasteiger partial charge in [-0.25, -0.2) is 4.98 Å². The smallest absolute Gasteiger partial charge is 0.149 e. The molecule has 0 fully saturated rings. The van der Waals surface area contributed by atoms with E-state index in [0.717, 1.165) is 100 Å². The maximum Gasteiger partial charge on any atom is 0.149 e. The summed E-state index contributed by atoms with van der Waals surface area (Å²) in [5, 5.41) is 12.6. The fourth-order valence-corrected chi connectivity index (χ4v) is 12.2. The van der Waals surface area contributed by atoms with Crippen LogP contribution in [0.3, 0.4) is 0 Å². The van der Waals surface area contributed by atoms with Crippen molar-refractivity contribution in [1.29, 1.82) is 0 Å². The fraction of sp³-hybridized carbons (Fsp3) is 0.364. The van der Waals surface area contributed by atoms with E-state index in [1.165, 1.54) is 0 Å². The Hall–Kier alpha value is -5.57. The number of phenolic OH excluding ortho intramolecular Hbond substituents is 1. The molecular formula is C66H72N3OPt-. The first-order valence-corrected chi connectivity index (χ1v) is 25.1. The number of aromatic hydroxyl groups is 1. The zero-order valence-corrected chi connectivity index (χ0v) is 46.9. The Labute approximate surface area is 442 Å². The van der Waals surface area contributed by atoms with Crippen molar-refractivity contribution in [3.8, 4) is 56.3 Å². The number of hydrogen-bond acceptors (Lipinski definition) is 3. The average molecular weight is 1120 g/mol. The van der Waals surface area contributed by atoms with Crippen molar-refractivity contribution in [2.24, 2.45) is 0 Å². The van der Waals surface area contributed by atoms with Crippen molar-refractivity contribution in [3.63, 3.8) is 0 Å². The zero-order chi connectivity index (χ0) is 53.0. The van der Waals surface area contributed by atoms with Crippen LogP contribution in [0.15, 0.2) is 121 Å². The Kier molecular flexibility index (Phi) is 11.3. The number of fused-ring (bicyclic) bond motifs is 9. The molecule has 0 amide bonds. The Morgan fingerprint density at radius 3 is 1.90 bits per heavy atom. The van der Waals surface area contributed by atoms with E-state index in [9.17, 15) is 9.22 Å². The van der Waals surface area contributed by atoms with E-state index in [-0.39, 0.29) is 37.6 Å². The molecular weight excluding hydrogens is 1050 g/mol. The van der Waals surface area contributed by atoms with Crippen LogP contribution in [0.5, 0.6) is 5.75 Å². The molecule has 1 aliphatic carbocycles. The Morgan fingerprint density at radius 2 is 1.27 bits per heavy atom. The molecule has 8 aromatic rings. The maximum absolute atomic E-state index is 12.6. The van der Waals surface area contributed by atoms with Crippen molar-refractivity contribution < 1.29 is 30.3 Å². The predicted octanol–water partition coefficient (Wildman–Crippen LogP) is 17.4. The van der Waals surface area contributed by atoms with Gasteiger partial charge in [0.2, 0.25) is 0 Å². The molecule has 0 radical (unpaired) electrons. The van der Waals surface area contributed by atoms with E-state index < -0.39 is 33.9 Å². The summed E-state index contributed by atoms with van der Waals surface area (Å²) < 4.78 is 31.8. The molecule has 5 heteroatoms. The van der Waals surface area contributed by atoms with Crippen LogP contribution < -0.4 is 0 Å². The van der Waals surface area contributed by atoms with Crippen LogP contribution in [0.4, 0.5) is 0 Å². The molecule has 0 bridgehead atoms. The van der Waals surface area contributed by atoms with Crippen LogP contribution in [0.25, 0.3) is 61.6 Å². The van der Waals surface area contributed by atoms with Crippen LogP contribution in [0.1, 0.15) is 183 Å². The number of aromatic nitrogens is 3. The van der Waals surface area contributed by atoms with Gasteiger partial charge in [0.25, 0.3) is 0 Å². The Balaban J connectivity index is 0.00000672. The molecule has 71 heavy (non-hydrogen) atoms. The van der Waals surface area contributed by atoms with Crippen molar-refractivity contribution in [2.45, 2.75) is 156 Å². The summed E-state index contributed by atoms with van der Waals surface area (Å²) in [5.41, 5.74) is 15.1. The Bertz CT molecular complexity index is 3530. The van der Waals surface area contributed by atoms with Crippen molar-refractivity contribution in [3.05, 3.63) is 178 Å². The number of pyridine rings is 1. The predicted molar refractivity (Wildman–Crippen MR) is 294 cm³/mol. The van der Waals surface area contributed by atoms with Crippen LogP contribution in [-0.4, -0.2) is 19.6 Å². The van der Waals surface area contributed by atoms with E-state index in [1.54, 1.807) is 0 Å². The van der Waals surface area contributed by atoms with Gasteiger partial charge < -0.3 is 5.11 Å². The van der Waals surface area contributed by atoms with E-state index in [1.807, 2.05) is 70.3 Å². The van der Waals surface area contributed by atoms with Gasteiger partial charge in [-0.05, 0) is 107 Å². The minimum atomic E-state index is -1.12. The topological polar surface area (TPSA) is 50.9 Å². The first kappa shape index (κ1) is 46.5. The molecule has 1 atom stereocenters. The average Bonchev–Trinajstić information content (AvgIpc) is 3.72. The number of rotatable bonds is 6. The van der Waals surface area contributed by atoms with Gasteiger partial charge in [0.1, 0.15) is 11.6 Å². The van der Waals surface area contributed by atoms with Crippen molar-refractivity contribution >= 4 is 11.0 Å².